The summed E-state index contributed by atoms with van der Waals surface area (Å²) in [6.07, 6.45) is 0.841. The Morgan fingerprint density at radius 2 is 2.07 bits per heavy atom. The van der Waals surface area contributed by atoms with E-state index in [0.29, 0.717) is 13.1 Å². The Balaban J connectivity index is 1.74. The molecule has 4 rings (SSSR count). The second-order valence-corrected chi connectivity index (χ2v) is 8.65. The van der Waals surface area contributed by atoms with Crippen molar-refractivity contribution in [2.24, 2.45) is 0 Å². The smallest absolute Gasteiger partial charge is 0.233 e. The first-order chi connectivity index (χ1) is 13.0. The highest BCUT2D eigenvalue weighted by molar-refractivity contribution is 7.22. The van der Waals surface area contributed by atoms with Crippen LogP contribution in [0.5, 0.6) is 0 Å². The number of nitrogens with one attached hydrogen (secondary N) is 2. The molecule has 0 saturated carbocycles. The highest BCUT2D eigenvalue weighted by Gasteiger charge is 2.28. The van der Waals surface area contributed by atoms with Gasteiger partial charge in [-0.1, -0.05) is 12.1 Å². The van der Waals surface area contributed by atoms with Crippen molar-refractivity contribution < 1.29 is 9.59 Å². The molecule has 27 heavy (non-hydrogen) atoms. The number of carbonyl (C=O) groups excluding carboxylic acids is 2. The number of fused-ring (bicyclic) bond motifs is 2. The second kappa shape index (κ2) is 7.38. The predicted molar refractivity (Wildman–Crippen MR) is 110 cm³/mol. The molecular formula is C19H20N4O2S2. The summed E-state index contributed by atoms with van der Waals surface area (Å²) >= 11 is 3.25. The van der Waals surface area contributed by atoms with Crippen LogP contribution in [-0.2, 0) is 22.6 Å². The van der Waals surface area contributed by atoms with E-state index < -0.39 is 0 Å². The maximum Gasteiger partial charge on any atom is 0.233 e. The zero-order valence-corrected chi connectivity index (χ0v) is 16.8. The summed E-state index contributed by atoms with van der Waals surface area (Å²) in [7, 11) is 1.66. The van der Waals surface area contributed by atoms with Crippen molar-refractivity contribution in [3.05, 3.63) is 34.7 Å². The molecule has 6 nitrogen and oxygen atoms in total. The number of aromatic nitrogens is 1. The number of likely N-dealkylation sites (N-methyl/N-ethyl adjacent to an activating group) is 1. The Bertz CT molecular complexity index is 991. The van der Waals surface area contributed by atoms with Crippen LogP contribution in [-0.4, -0.2) is 41.8 Å². The van der Waals surface area contributed by atoms with E-state index in [1.807, 2.05) is 18.2 Å². The summed E-state index contributed by atoms with van der Waals surface area (Å²) in [5.74, 6) is -0.0679. The fraction of sp³-hybridized carbons (Fsp3) is 0.316. The molecule has 0 saturated heterocycles. The Hall–Kier alpha value is -2.29. The minimum atomic E-state index is -0.0850. The van der Waals surface area contributed by atoms with Crippen molar-refractivity contribution >= 4 is 49.7 Å². The van der Waals surface area contributed by atoms with E-state index >= 15 is 0 Å². The Kier molecular flexibility index (Phi) is 4.94. The van der Waals surface area contributed by atoms with Gasteiger partial charge in [-0.25, -0.2) is 4.98 Å². The molecule has 8 heteroatoms. The van der Waals surface area contributed by atoms with Gasteiger partial charge in [-0.15, -0.1) is 22.7 Å². The molecule has 0 fully saturated rings. The number of thiophene rings is 1. The van der Waals surface area contributed by atoms with Gasteiger partial charge >= 0.3 is 0 Å². The largest absolute Gasteiger partial charge is 0.358 e. The molecule has 3 aromatic rings. The first kappa shape index (κ1) is 18.1. The number of amides is 2. The maximum atomic E-state index is 11.7. The highest BCUT2D eigenvalue weighted by atomic mass is 32.1. The van der Waals surface area contributed by atoms with Crippen LogP contribution in [0.3, 0.4) is 0 Å². The summed E-state index contributed by atoms with van der Waals surface area (Å²) < 4.78 is 1.14. The third-order valence-corrected chi connectivity index (χ3v) is 6.77. The van der Waals surface area contributed by atoms with Gasteiger partial charge in [0.2, 0.25) is 11.8 Å². The molecule has 1 aromatic carbocycles. The normalized spacial score (nSPS) is 14.1. The molecule has 3 heterocycles. The molecule has 1 aliphatic rings. The van der Waals surface area contributed by atoms with Crippen LogP contribution in [0.4, 0.5) is 5.00 Å². The lowest BCUT2D eigenvalue weighted by atomic mass is 10.0. The van der Waals surface area contributed by atoms with Crippen molar-refractivity contribution in [1.29, 1.82) is 0 Å². The second-order valence-electron chi connectivity index (χ2n) is 6.51. The van der Waals surface area contributed by atoms with Crippen molar-refractivity contribution in [2.75, 3.05) is 25.5 Å². The number of thiazole rings is 1. The van der Waals surface area contributed by atoms with Crippen molar-refractivity contribution in [3.63, 3.8) is 0 Å². The van der Waals surface area contributed by atoms with Crippen LogP contribution in [0.1, 0.15) is 17.4 Å². The molecule has 0 aliphatic carbocycles. The van der Waals surface area contributed by atoms with E-state index in [1.54, 1.807) is 29.7 Å². The summed E-state index contributed by atoms with van der Waals surface area (Å²) in [6.45, 7) is 3.44. The highest BCUT2D eigenvalue weighted by Crippen LogP contribution is 2.45. The van der Waals surface area contributed by atoms with Crippen LogP contribution in [0.25, 0.3) is 20.8 Å². The molecule has 2 aromatic heterocycles. The van der Waals surface area contributed by atoms with Crippen molar-refractivity contribution in [3.8, 4) is 10.6 Å². The minimum absolute atomic E-state index is 0.0171. The average Bonchev–Trinajstić information content (AvgIpc) is 3.20. The number of rotatable bonds is 4. The number of anilines is 1. The third-order valence-electron chi connectivity index (χ3n) is 4.58. The lowest BCUT2D eigenvalue weighted by Gasteiger charge is -2.26. The van der Waals surface area contributed by atoms with Crippen LogP contribution >= 0.6 is 22.7 Å². The molecule has 2 amide bonds. The van der Waals surface area contributed by atoms with Crippen LogP contribution in [0, 0.1) is 0 Å². The number of hydrogen-bond donors (Lipinski definition) is 2. The van der Waals surface area contributed by atoms with Crippen LogP contribution in [0.15, 0.2) is 24.3 Å². The molecule has 2 N–H and O–H groups in total. The van der Waals surface area contributed by atoms with Crippen LogP contribution < -0.4 is 10.6 Å². The van der Waals surface area contributed by atoms with Gasteiger partial charge in [-0.05, 0) is 24.1 Å². The van der Waals surface area contributed by atoms with Crippen molar-refractivity contribution in [2.45, 2.75) is 19.9 Å². The van der Waals surface area contributed by atoms with E-state index in [0.717, 1.165) is 38.8 Å². The Morgan fingerprint density at radius 1 is 1.26 bits per heavy atom. The molecule has 1 aliphatic heterocycles. The first-order valence-electron chi connectivity index (χ1n) is 8.76. The number of para-hydroxylation sites is 1. The lowest BCUT2D eigenvalue weighted by Crippen LogP contribution is -2.38. The van der Waals surface area contributed by atoms with E-state index in [2.05, 4.69) is 21.6 Å². The zero-order chi connectivity index (χ0) is 19.0. The Labute approximate surface area is 165 Å². The zero-order valence-electron chi connectivity index (χ0n) is 15.2. The van der Waals surface area contributed by atoms with Gasteiger partial charge in [-0.3, -0.25) is 14.5 Å². The van der Waals surface area contributed by atoms with Gasteiger partial charge in [0.1, 0.15) is 10.0 Å². The monoisotopic (exact) mass is 400 g/mol. The number of hydrogen-bond acceptors (Lipinski definition) is 6. The maximum absolute atomic E-state index is 11.7. The lowest BCUT2D eigenvalue weighted by molar-refractivity contribution is -0.122. The van der Waals surface area contributed by atoms with E-state index in [9.17, 15) is 9.59 Å². The number of nitrogens with zero attached hydrogens (tertiary/aromatic N) is 2. The molecular weight excluding hydrogens is 380 g/mol. The topological polar surface area (TPSA) is 74.3 Å². The van der Waals surface area contributed by atoms with Gasteiger partial charge in [-0.2, -0.15) is 0 Å². The summed E-state index contributed by atoms with van der Waals surface area (Å²) in [4.78, 5) is 31.6. The minimum Gasteiger partial charge on any atom is -0.358 e. The predicted octanol–water partition coefficient (Wildman–Crippen LogP) is 3.09. The van der Waals surface area contributed by atoms with Gasteiger partial charge in [0.25, 0.3) is 0 Å². The third kappa shape index (κ3) is 3.60. The molecule has 0 atom stereocenters. The van der Waals surface area contributed by atoms with E-state index in [1.165, 1.54) is 17.4 Å². The van der Waals surface area contributed by atoms with Crippen molar-refractivity contribution in [1.82, 2.24) is 15.2 Å². The molecule has 0 radical (unpaired) electrons. The standard InChI is InChI=1S/C19H20N4O2S2/c1-11(24)21-18-17(19-22-13-5-3-4-6-14(13)26-19)12-7-8-23(9-15(12)27-18)10-16(25)20-2/h3-6H,7-10H2,1-2H3,(H,20,25)(H,21,24). The SMILES string of the molecule is CNC(=O)CN1CCc2c(sc(NC(C)=O)c2-c2nc3ccccc3s2)C1. The molecule has 140 valence electrons. The fourth-order valence-electron chi connectivity index (χ4n) is 3.33. The summed E-state index contributed by atoms with van der Waals surface area (Å²) in [5, 5.41) is 7.46. The first-order valence-corrected chi connectivity index (χ1v) is 10.4. The summed E-state index contributed by atoms with van der Waals surface area (Å²) in [5.41, 5.74) is 3.27. The fourth-order valence-corrected chi connectivity index (χ4v) is 5.77. The van der Waals surface area contributed by atoms with Gasteiger partial charge in [0.15, 0.2) is 0 Å². The number of carbonyl (C=O) groups is 2. The van der Waals surface area contributed by atoms with E-state index in [4.69, 9.17) is 4.98 Å². The molecule has 0 unspecified atom stereocenters. The van der Waals surface area contributed by atoms with Crippen LogP contribution in [0.2, 0.25) is 0 Å². The Morgan fingerprint density at radius 3 is 2.81 bits per heavy atom. The van der Waals surface area contributed by atoms with Gasteiger partial charge in [0, 0.05) is 37.5 Å². The van der Waals surface area contributed by atoms with Gasteiger partial charge < -0.3 is 10.6 Å². The number of benzene rings is 1. The molecule has 0 bridgehead atoms. The quantitative estimate of drug-likeness (QED) is 0.706. The van der Waals surface area contributed by atoms with Gasteiger partial charge in [0.05, 0.1) is 16.8 Å². The summed E-state index contributed by atoms with van der Waals surface area (Å²) in [6, 6.07) is 8.08. The molecule has 0 spiro atoms. The average molecular weight is 401 g/mol. The van der Waals surface area contributed by atoms with E-state index in [-0.39, 0.29) is 11.8 Å².